The lowest BCUT2D eigenvalue weighted by Crippen LogP contribution is -2.09. The first-order valence-electron chi connectivity index (χ1n) is 6.90. The average Bonchev–Trinajstić information content (AvgIpc) is 2.50. The lowest BCUT2D eigenvalue weighted by Gasteiger charge is -2.08. The Morgan fingerprint density at radius 2 is 2.00 bits per heavy atom. The molecule has 2 aromatic carbocycles. The summed E-state index contributed by atoms with van der Waals surface area (Å²) in [5, 5.41) is 2.90. The molecule has 1 amide bonds. The molecule has 22 heavy (non-hydrogen) atoms. The van der Waals surface area contributed by atoms with Gasteiger partial charge in [-0.15, -0.1) is 0 Å². The normalized spacial score (nSPS) is 10.7. The molecule has 1 N–H and O–H groups in total. The van der Waals surface area contributed by atoms with E-state index in [0.29, 0.717) is 0 Å². The second-order valence-electron chi connectivity index (χ2n) is 4.96. The number of ether oxygens (including phenoxy) is 1. The maximum absolute atomic E-state index is 12.0. The number of hydrogen-bond donors (Lipinski definition) is 1. The zero-order valence-corrected chi connectivity index (χ0v) is 14.4. The molecule has 2 rings (SSSR count). The average molecular weight is 360 g/mol. The smallest absolute Gasteiger partial charge is 0.248 e. The number of carbonyl (C=O) groups excluding carboxylic acids is 1. The van der Waals surface area contributed by atoms with Crippen LogP contribution in [0.5, 0.6) is 5.75 Å². The third kappa shape index (κ3) is 3.98. The van der Waals surface area contributed by atoms with E-state index in [1.807, 2.05) is 50.2 Å². The molecule has 0 bridgehead atoms. The van der Waals surface area contributed by atoms with Gasteiger partial charge in [-0.25, -0.2) is 0 Å². The molecule has 4 heteroatoms. The van der Waals surface area contributed by atoms with Crippen molar-refractivity contribution in [3.8, 4) is 5.75 Å². The Morgan fingerprint density at radius 1 is 1.23 bits per heavy atom. The van der Waals surface area contributed by atoms with Crippen molar-refractivity contribution in [2.24, 2.45) is 0 Å². The van der Waals surface area contributed by atoms with Crippen LogP contribution in [0.25, 0.3) is 6.08 Å². The predicted octanol–water partition coefficient (Wildman–Crippen LogP) is 4.73. The molecule has 0 unspecified atom stereocenters. The van der Waals surface area contributed by atoms with Crippen LogP contribution in [0.15, 0.2) is 46.9 Å². The second kappa shape index (κ2) is 7.27. The molecular formula is C18H18BrNO2. The maximum Gasteiger partial charge on any atom is 0.248 e. The van der Waals surface area contributed by atoms with E-state index in [1.54, 1.807) is 13.2 Å². The topological polar surface area (TPSA) is 38.3 Å². The zero-order chi connectivity index (χ0) is 16.1. The molecule has 3 nitrogen and oxygen atoms in total. The molecule has 0 saturated heterocycles. The Labute approximate surface area is 139 Å². The Balaban J connectivity index is 2.08. The van der Waals surface area contributed by atoms with Crippen molar-refractivity contribution >= 4 is 33.6 Å². The van der Waals surface area contributed by atoms with Gasteiger partial charge in [-0.1, -0.05) is 18.2 Å². The molecular weight excluding hydrogens is 342 g/mol. The molecule has 0 aliphatic carbocycles. The van der Waals surface area contributed by atoms with Gasteiger partial charge in [0.1, 0.15) is 5.75 Å². The van der Waals surface area contributed by atoms with E-state index in [9.17, 15) is 4.79 Å². The van der Waals surface area contributed by atoms with Gasteiger partial charge in [0.15, 0.2) is 0 Å². The molecule has 0 atom stereocenters. The summed E-state index contributed by atoms with van der Waals surface area (Å²) in [6.07, 6.45) is 3.29. The molecule has 0 saturated carbocycles. The third-order valence-electron chi connectivity index (χ3n) is 3.47. The van der Waals surface area contributed by atoms with Gasteiger partial charge in [0.25, 0.3) is 0 Å². The molecule has 0 heterocycles. The van der Waals surface area contributed by atoms with E-state index in [4.69, 9.17) is 4.74 Å². The first kappa shape index (κ1) is 16.3. The summed E-state index contributed by atoms with van der Waals surface area (Å²) >= 11 is 3.43. The quantitative estimate of drug-likeness (QED) is 0.801. The van der Waals surface area contributed by atoms with Crippen molar-refractivity contribution in [3.63, 3.8) is 0 Å². The molecule has 0 aromatic heterocycles. The molecule has 0 aliphatic heterocycles. The molecule has 114 valence electrons. The highest BCUT2D eigenvalue weighted by atomic mass is 79.9. The van der Waals surface area contributed by atoms with E-state index in [0.717, 1.165) is 32.6 Å². The minimum absolute atomic E-state index is 0.152. The van der Waals surface area contributed by atoms with Crippen molar-refractivity contribution in [2.75, 3.05) is 12.4 Å². The summed E-state index contributed by atoms with van der Waals surface area (Å²) in [5.41, 5.74) is 3.99. The van der Waals surface area contributed by atoms with Crippen LogP contribution in [-0.4, -0.2) is 13.0 Å². The largest absolute Gasteiger partial charge is 0.496 e. The SMILES string of the molecule is COc1ccc(C=CC(=O)Nc2cccc(C)c2C)cc1Br. The number of carbonyl (C=O) groups is 1. The van der Waals surface area contributed by atoms with Crippen LogP contribution in [0.1, 0.15) is 16.7 Å². The van der Waals surface area contributed by atoms with Crippen LogP contribution < -0.4 is 10.1 Å². The van der Waals surface area contributed by atoms with Gasteiger partial charge < -0.3 is 10.1 Å². The zero-order valence-electron chi connectivity index (χ0n) is 12.8. The van der Waals surface area contributed by atoms with Gasteiger partial charge in [0.2, 0.25) is 5.91 Å². The van der Waals surface area contributed by atoms with E-state index >= 15 is 0 Å². The Hall–Kier alpha value is -2.07. The highest BCUT2D eigenvalue weighted by Crippen LogP contribution is 2.26. The number of benzene rings is 2. The molecule has 0 radical (unpaired) electrons. The fourth-order valence-electron chi connectivity index (χ4n) is 2.02. The van der Waals surface area contributed by atoms with Gasteiger partial charge in [0, 0.05) is 11.8 Å². The summed E-state index contributed by atoms with van der Waals surface area (Å²) < 4.78 is 6.03. The fraction of sp³-hybridized carbons (Fsp3) is 0.167. The van der Waals surface area contributed by atoms with E-state index in [-0.39, 0.29) is 5.91 Å². The van der Waals surface area contributed by atoms with Gasteiger partial charge in [0.05, 0.1) is 11.6 Å². The fourth-order valence-corrected chi connectivity index (χ4v) is 2.58. The highest BCUT2D eigenvalue weighted by molar-refractivity contribution is 9.10. The molecule has 0 spiro atoms. The molecule has 0 fully saturated rings. The summed E-state index contributed by atoms with van der Waals surface area (Å²) in [7, 11) is 1.62. The van der Waals surface area contributed by atoms with Gasteiger partial charge >= 0.3 is 0 Å². The number of rotatable bonds is 4. The predicted molar refractivity (Wildman–Crippen MR) is 94.3 cm³/mol. The number of aryl methyl sites for hydroxylation is 1. The minimum atomic E-state index is -0.152. The van der Waals surface area contributed by atoms with Crippen molar-refractivity contribution in [1.82, 2.24) is 0 Å². The highest BCUT2D eigenvalue weighted by Gasteiger charge is 2.04. The second-order valence-corrected chi connectivity index (χ2v) is 5.82. The number of methoxy groups -OCH3 is 1. The first-order valence-corrected chi connectivity index (χ1v) is 7.69. The number of amides is 1. The number of nitrogens with one attached hydrogen (secondary N) is 1. The van der Waals surface area contributed by atoms with Crippen molar-refractivity contribution in [2.45, 2.75) is 13.8 Å². The Bertz CT molecular complexity index is 723. The van der Waals surface area contributed by atoms with Gasteiger partial charge in [-0.05, 0) is 70.7 Å². The maximum atomic E-state index is 12.0. The van der Waals surface area contributed by atoms with Crippen LogP contribution in [0.2, 0.25) is 0 Å². The van der Waals surface area contributed by atoms with Crippen molar-refractivity contribution < 1.29 is 9.53 Å². The standard InChI is InChI=1S/C18H18BrNO2/c1-12-5-4-6-16(13(12)2)20-18(21)10-8-14-7-9-17(22-3)15(19)11-14/h4-11H,1-3H3,(H,20,21). The molecule has 0 aliphatic rings. The van der Waals surface area contributed by atoms with Crippen LogP contribution in [0.3, 0.4) is 0 Å². The van der Waals surface area contributed by atoms with Gasteiger partial charge in [-0.3, -0.25) is 4.79 Å². The summed E-state index contributed by atoms with van der Waals surface area (Å²) in [5.74, 6) is 0.609. The van der Waals surface area contributed by atoms with Crippen molar-refractivity contribution in [1.29, 1.82) is 0 Å². The summed E-state index contributed by atoms with van der Waals surface area (Å²) in [4.78, 5) is 12.0. The first-order chi connectivity index (χ1) is 10.5. The van der Waals surface area contributed by atoms with Crippen LogP contribution in [0, 0.1) is 13.8 Å². The van der Waals surface area contributed by atoms with E-state index in [2.05, 4.69) is 21.2 Å². The van der Waals surface area contributed by atoms with E-state index < -0.39 is 0 Å². The number of anilines is 1. The van der Waals surface area contributed by atoms with Gasteiger partial charge in [-0.2, -0.15) is 0 Å². The lowest BCUT2D eigenvalue weighted by atomic mass is 10.1. The number of hydrogen-bond acceptors (Lipinski definition) is 2. The van der Waals surface area contributed by atoms with Crippen molar-refractivity contribution in [3.05, 3.63) is 63.6 Å². The monoisotopic (exact) mass is 359 g/mol. The van der Waals surface area contributed by atoms with Crippen LogP contribution in [-0.2, 0) is 4.79 Å². The Morgan fingerprint density at radius 3 is 2.68 bits per heavy atom. The molecule has 2 aromatic rings. The summed E-state index contributed by atoms with van der Waals surface area (Å²) in [6.45, 7) is 4.02. The summed E-state index contributed by atoms with van der Waals surface area (Å²) in [6, 6.07) is 11.5. The van der Waals surface area contributed by atoms with E-state index in [1.165, 1.54) is 6.08 Å². The Kier molecular flexibility index (Phi) is 5.39. The number of halogens is 1. The van der Waals surface area contributed by atoms with Crippen LogP contribution in [0.4, 0.5) is 5.69 Å². The lowest BCUT2D eigenvalue weighted by molar-refractivity contribution is -0.111. The van der Waals surface area contributed by atoms with Crippen LogP contribution >= 0.6 is 15.9 Å². The third-order valence-corrected chi connectivity index (χ3v) is 4.09. The minimum Gasteiger partial charge on any atom is -0.496 e.